The van der Waals surface area contributed by atoms with Crippen LogP contribution in [0, 0.1) is 13.8 Å². The molecule has 0 aliphatic carbocycles. The first kappa shape index (κ1) is 21.8. The van der Waals surface area contributed by atoms with Crippen LogP contribution in [0.4, 0.5) is 5.82 Å². The number of nitrogens with zero attached hydrogens (tertiary/aromatic N) is 5. The smallest absolute Gasteiger partial charge is 0.231 e. The highest BCUT2D eigenvalue weighted by molar-refractivity contribution is 5.98. The summed E-state index contributed by atoms with van der Waals surface area (Å²) in [5.41, 5.74) is 11.9. The highest BCUT2D eigenvalue weighted by Crippen LogP contribution is 2.37. The Hall–Kier alpha value is -3.43. The normalized spacial score (nSPS) is 21.2. The van der Waals surface area contributed by atoms with Crippen molar-refractivity contribution < 1.29 is 9.90 Å². The lowest BCUT2D eigenvalue weighted by molar-refractivity contribution is -0.131. The van der Waals surface area contributed by atoms with Gasteiger partial charge >= 0.3 is 0 Å². The molecule has 2 aliphatic rings. The number of hydrogen-bond donors (Lipinski definition) is 4. The van der Waals surface area contributed by atoms with Crippen LogP contribution in [0.5, 0.6) is 5.88 Å². The van der Waals surface area contributed by atoms with E-state index in [2.05, 4.69) is 31.9 Å². The average Bonchev–Trinajstić information content (AvgIpc) is 3.14. The second kappa shape index (κ2) is 8.25. The highest BCUT2D eigenvalue weighted by atomic mass is 16.3. The van der Waals surface area contributed by atoms with Crippen LogP contribution in [-0.4, -0.2) is 62.4 Å². The molecular weight excluding hydrogens is 408 g/mol. The van der Waals surface area contributed by atoms with Gasteiger partial charge < -0.3 is 26.5 Å². The third-order valence-electron chi connectivity index (χ3n) is 6.38. The number of anilines is 1. The summed E-state index contributed by atoms with van der Waals surface area (Å²) in [4.78, 5) is 28.0. The van der Waals surface area contributed by atoms with Crippen LogP contribution in [-0.2, 0) is 11.2 Å². The van der Waals surface area contributed by atoms with Gasteiger partial charge in [-0.05, 0) is 51.7 Å². The number of carbonyl (C=O) groups excluding carboxylic acids is 1. The summed E-state index contributed by atoms with van der Waals surface area (Å²) >= 11 is 0. The van der Waals surface area contributed by atoms with E-state index in [1.807, 2.05) is 18.7 Å². The van der Waals surface area contributed by atoms with Crippen molar-refractivity contribution in [1.82, 2.24) is 25.3 Å². The molecule has 4 heterocycles. The number of hydrazone groups is 1. The molecule has 170 valence electrons. The molecule has 0 radical (unpaired) electrons. The molecule has 1 saturated heterocycles. The molecule has 2 aromatic heterocycles. The van der Waals surface area contributed by atoms with Gasteiger partial charge in [0.2, 0.25) is 11.8 Å². The molecule has 32 heavy (non-hydrogen) atoms. The molecule has 0 saturated carbocycles. The van der Waals surface area contributed by atoms with Crippen molar-refractivity contribution in [2.45, 2.75) is 51.5 Å². The number of fused-ring (bicyclic) bond motifs is 1. The molecular formula is C22H30N8O2. The zero-order valence-corrected chi connectivity index (χ0v) is 18.9. The number of likely N-dealkylation sites (tertiary alicyclic amines) is 1. The number of aromatic nitrogens is 3. The number of amides is 1. The lowest BCUT2D eigenvalue weighted by Crippen LogP contribution is -2.46. The molecule has 10 nitrogen and oxygen atoms in total. The minimum Gasteiger partial charge on any atom is -0.493 e. The highest BCUT2D eigenvalue weighted by Gasteiger charge is 2.43. The van der Waals surface area contributed by atoms with Crippen LogP contribution in [0.2, 0.25) is 0 Å². The number of amidine groups is 1. The lowest BCUT2D eigenvalue weighted by Gasteiger charge is -2.36. The Morgan fingerprint density at radius 3 is 2.81 bits per heavy atom. The van der Waals surface area contributed by atoms with E-state index in [-0.39, 0.29) is 17.3 Å². The summed E-state index contributed by atoms with van der Waals surface area (Å²) in [5, 5.41) is 17.5. The van der Waals surface area contributed by atoms with Crippen LogP contribution in [0.15, 0.2) is 17.2 Å². The molecule has 0 unspecified atom stereocenters. The first-order valence-corrected chi connectivity index (χ1v) is 10.8. The van der Waals surface area contributed by atoms with Gasteiger partial charge in [-0.25, -0.2) is 9.97 Å². The van der Waals surface area contributed by atoms with Gasteiger partial charge in [-0.3, -0.25) is 4.79 Å². The second-order valence-corrected chi connectivity index (χ2v) is 8.68. The third kappa shape index (κ3) is 4.04. The van der Waals surface area contributed by atoms with Gasteiger partial charge in [0.25, 0.3) is 0 Å². The van der Waals surface area contributed by atoms with Crippen molar-refractivity contribution in [3.63, 3.8) is 0 Å². The molecule has 1 amide bonds. The zero-order chi connectivity index (χ0) is 23.0. The van der Waals surface area contributed by atoms with Crippen molar-refractivity contribution in [2.24, 2.45) is 10.8 Å². The maximum Gasteiger partial charge on any atom is 0.231 e. The van der Waals surface area contributed by atoms with Crippen molar-refractivity contribution >= 4 is 17.6 Å². The molecule has 2 atom stereocenters. The van der Waals surface area contributed by atoms with Gasteiger partial charge in [0.15, 0.2) is 5.84 Å². The molecule has 1 fully saturated rings. The lowest BCUT2D eigenvalue weighted by atomic mass is 9.86. The molecule has 5 N–H and O–H groups in total. The standard InChI is InChI=1S/C22H30N8O2/c1-12(17-10-18(31)27-14(3)26-17)21(32)30-8-7-22(11-30)6-5-15-9-16(19(23)29-24-4)13(2)25-20(15)28-22/h9-10,12,24H,5-8,11H2,1-4H3,(H2,23,29)(H,25,28)(H,26,27,31)/t12-,22-/m1/s1. The first-order valence-electron chi connectivity index (χ1n) is 10.8. The Balaban J connectivity index is 1.50. The number of aromatic hydroxyl groups is 1. The van der Waals surface area contributed by atoms with Crippen molar-refractivity contribution in [3.8, 4) is 5.88 Å². The van der Waals surface area contributed by atoms with Crippen LogP contribution in [0.25, 0.3) is 0 Å². The number of hydrogen-bond acceptors (Lipinski definition) is 8. The van der Waals surface area contributed by atoms with Gasteiger partial charge in [-0.1, -0.05) is 0 Å². The topological polar surface area (TPSA) is 142 Å². The third-order valence-corrected chi connectivity index (χ3v) is 6.38. The number of rotatable bonds is 4. The van der Waals surface area contributed by atoms with Crippen molar-refractivity contribution in [1.29, 1.82) is 0 Å². The van der Waals surface area contributed by atoms with Crippen LogP contribution in [0.1, 0.15) is 54.0 Å². The van der Waals surface area contributed by atoms with Gasteiger partial charge in [0.1, 0.15) is 11.6 Å². The molecule has 2 aliphatic heterocycles. The number of nitrogens with one attached hydrogen (secondary N) is 2. The second-order valence-electron chi connectivity index (χ2n) is 8.68. The Kier molecular flexibility index (Phi) is 5.62. The molecule has 1 spiro atoms. The van der Waals surface area contributed by atoms with E-state index < -0.39 is 5.92 Å². The van der Waals surface area contributed by atoms with Crippen molar-refractivity contribution in [2.75, 3.05) is 25.5 Å². The zero-order valence-electron chi connectivity index (χ0n) is 18.9. The summed E-state index contributed by atoms with van der Waals surface area (Å²) < 4.78 is 0. The van der Waals surface area contributed by atoms with Crippen LogP contribution >= 0.6 is 0 Å². The van der Waals surface area contributed by atoms with Gasteiger partial charge in [-0.15, -0.1) is 0 Å². The molecule has 4 rings (SSSR count). The van der Waals surface area contributed by atoms with Gasteiger partial charge in [-0.2, -0.15) is 10.1 Å². The monoisotopic (exact) mass is 438 g/mol. The number of nitrogens with two attached hydrogens (primary N) is 1. The minimum atomic E-state index is -0.453. The van der Waals surface area contributed by atoms with E-state index in [0.717, 1.165) is 41.9 Å². The van der Waals surface area contributed by atoms with Crippen molar-refractivity contribution in [3.05, 3.63) is 40.5 Å². The molecule has 10 heteroatoms. The molecule has 2 aromatic rings. The number of pyridine rings is 1. The molecule has 0 aromatic carbocycles. The Bertz CT molecular complexity index is 1070. The minimum absolute atomic E-state index is 0.00232. The maximum atomic E-state index is 13.2. The molecule has 0 bridgehead atoms. The summed E-state index contributed by atoms with van der Waals surface area (Å²) in [7, 11) is 1.71. The fourth-order valence-electron chi connectivity index (χ4n) is 4.64. The number of aryl methyl sites for hydroxylation is 3. The fourth-order valence-corrected chi connectivity index (χ4v) is 4.64. The Labute approximate surface area is 187 Å². The predicted octanol–water partition coefficient (Wildman–Crippen LogP) is 1.17. The van der Waals surface area contributed by atoms with Gasteiger partial charge in [0.05, 0.1) is 22.8 Å². The Morgan fingerprint density at radius 1 is 1.31 bits per heavy atom. The van der Waals surface area contributed by atoms with E-state index in [1.165, 1.54) is 6.07 Å². The fraction of sp³-hybridized carbons (Fsp3) is 0.500. The van der Waals surface area contributed by atoms with Gasteiger partial charge in [0, 0.05) is 31.8 Å². The predicted molar refractivity (Wildman–Crippen MR) is 121 cm³/mol. The van der Waals surface area contributed by atoms with E-state index in [1.54, 1.807) is 14.0 Å². The number of carbonyl (C=O) groups is 1. The van der Waals surface area contributed by atoms with E-state index >= 15 is 0 Å². The van der Waals surface area contributed by atoms with Crippen LogP contribution in [0.3, 0.4) is 0 Å². The summed E-state index contributed by atoms with van der Waals surface area (Å²) in [6, 6.07) is 3.52. The Morgan fingerprint density at radius 2 is 2.09 bits per heavy atom. The summed E-state index contributed by atoms with van der Waals surface area (Å²) in [5.74, 6) is 1.15. The first-order chi connectivity index (χ1) is 15.2. The van der Waals surface area contributed by atoms with Crippen LogP contribution < -0.4 is 16.5 Å². The average molecular weight is 439 g/mol. The SMILES string of the molecule is CN/N=C(\N)c1cc2c(nc1C)N[C@]1(CC2)CCN(C(=O)[C@H](C)c2cc(O)nc(C)n2)C1. The van der Waals surface area contributed by atoms with E-state index in [0.29, 0.717) is 30.4 Å². The maximum absolute atomic E-state index is 13.2. The van der Waals surface area contributed by atoms with E-state index in [9.17, 15) is 9.90 Å². The van der Waals surface area contributed by atoms with E-state index in [4.69, 9.17) is 10.7 Å². The largest absolute Gasteiger partial charge is 0.493 e. The summed E-state index contributed by atoms with van der Waals surface area (Å²) in [6.07, 6.45) is 2.61. The summed E-state index contributed by atoms with van der Waals surface area (Å²) in [6.45, 7) is 6.72. The quantitative estimate of drug-likeness (QED) is 0.317.